The number of methoxy groups -OCH3 is 1. The van der Waals surface area contributed by atoms with Gasteiger partial charge in [0, 0.05) is 11.8 Å². The molecule has 0 aromatic rings. The van der Waals surface area contributed by atoms with Gasteiger partial charge >= 0.3 is 5.97 Å². The van der Waals surface area contributed by atoms with E-state index >= 15 is 0 Å². The maximum atomic E-state index is 11.3. The van der Waals surface area contributed by atoms with Gasteiger partial charge in [0.1, 0.15) is 11.9 Å². The highest BCUT2D eigenvalue weighted by atomic mass is 16.5. The zero-order valence-corrected chi connectivity index (χ0v) is 11.1. The van der Waals surface area contributed by atoms with Crippen molar-refractivity contribution in [1.82, 2.24) is 0 Å². The largest absolute Gasteiger partial charge is 0.494 e. The molecule has 0 aromatic carbocycles. The molecule has 1 saturated carbocycles. The summed E-state index contributed by atoms with van der Waals surface area (Å²) < 4.78 is 10.5. The number of aliphatic hydroxyl groups is 1. The van der Waals surface area contributed by atoms with Crippen molar-refractivity contribution in [2.75, 3.05) is 7.11 Å². The molecule has 18 heavy (non-hydrogen) atoms. The molecule has 1 N–H and O–H groups in total. The monoisotopic (exact) mass is 254 g/mol. The second-order valence-corrected chi connectivity index (χ2v) is 5.35. The van der Waals surface area contributed by atoms with Crippen LogP contribution in [0.15, 0.2) is 11.8 Å². The lowest BCUT2D eigenvalue weighted by Crippen LogP contribution is -2.45. The lowest BCUT2D eigenvalue weighted by atomic mass is 9.66. The van der Waals surface area contributed by atoms with Crippen molar-refractivity contribution in [2.45, 2.75) is 57.7 Å². The zero-order valence-electron chi connectivity index (χ0n) is 11.1. The van der Waals surface area contributed by atoms with Gasteiger partial charge in [-0.3, -0.25) is 0 Å². The highest BCUT2D eigenvalue weighted by molar-refractivity contribution is 5.82. The minimum absolute atomic E-state index is 0.0529. The number of allylic oxidation sites excluding steroid dienone is 1. The number of carbonyl (C=O) groups is 1. The average Bonchev–Trinajstić information content (AvgIpc) is 2.69. The average molecular weight is 254 g/mol. The lowest BCUT2D eigenvalue weighted by Gasteiger charge is -2.41. The van der Waals surface area contributed by atoms with Crippen LogP contribution in [0.1, 0.15) is 45.4 Å². The Morgan fingerprint density at radius 1 is 1.61 bits per heavy atom. The summed E-state index contributed by atoms with van der Waals surface area (Å²) in [5, 5.41) is 10.3. The molecule has 1 aliphatic heterocycles. The summed E-state index contributed by atoms with van der Waals surface area (Å²) in [5.41, 5.74) is -0.188. The quantitative estimate of drug-likeness (QED) is 0.619. The Hall–Kier alpha value is -1.03. The van der Waals surface area contributed by atoms with E-state index in [-0.39, 0.29) is 23.6 Å². The molecule has 0 radical (unpaired) electrons. The summed E-state index contributed by atoms with van der Waals surface area (Å²) in [6.45, 7) is 2.12. The normalized spacial score (nSPS) is 37.2. The molecule has 2 rings (SSSR count). The van der Waals surface area contributed by atoms with Crippen molar-refractivity contribution < 1.29 is 19.4 Å². The van der Waals surface area contributed by atoms with Crippen molar-refractivity contribution in [3.8, 4) is 0 Å². The van der Waals surface area contributed by atoms with Crippen molar-refractivity contribution in [2.24, 2.45) is 5.41 Å². The molecule has 0 bridgehead atoms. The number of aliphatic hydroxyl groups excluding tert-OH is 1. The Morgan fingerprint density at radius 3 is 3.06 bits per heavy atom. The van der Waals surface area contributed by atoms with Crippen LogP contribution >= 0.6 is 0 Å². The molecule has 102 valence electrons. The van der Waals surface area contributed by atoms with E-state index in [1.807, 2.05) is 0 Å². The Labute approximate surface area is 108 Å². The number of fused-ring (bicyclic) bond motifs is 1. The summed E-state index contributed by atoms with van der Waals surface area (Å²) in [7, 11) is 1.36. The summed E-state index contributed by atoms with van der Waals surface area (Å²) in [6, 6.07) is 0. The number of hydrogen-bond donors (Lipinski definition) is 1. The van der Waals surface area contributed by atoms with Crippen LogP contribution in [0.2, 0.25) is 0 Å². The van der Waals surface area contributed by atoms with Gasteiger partial charge in [0.25, 0.3) is 0 Å². The van der Waals surface area contributed by atoms with Crippen LogP contribution in [0.4, 0.5) is 0 Å². The Morgan fingerprint density at radius 2 is 2.39 bits per heavy atom. The first-order valence-corrected chi connectivity index (χ1v) is 6.75. The maximum Gasteiger partial charge on any atom is 0.333 e. The van der Waals surface area contributed by atoms with Crippen molar-refractivity contribution >= 4 is 5.97 Å². The number of esters is 1. The molecular formula is C14H22O4. The van der Waals surface area contributed by atoms with E-state index in [1.165, 1.54) is 13.2 Å². The minimum Gasteiger partial charge on any atom is -0.494 e. The minimum atomic E-state index is -0.384. The van der Waals surface area contributed by atoms with Crippen LogP contribution in [-0.2, 0) is 14.3 Å². The maximum absolute atomic E-state index is 11.3. The van der Waals surface area contributed by atoms with E-state index in [2.05, 4.69) is 11.7 Å². The van der Waals surface area contributed by atoms with Crippen LogP contribution in [-0.4, -0.2) is 30.4 Å². The van der Waals surface area contributed by atoms with E-state index in [0.29, 0.717) is 12.2 Å². The molecule has 0 amide bonds. The molecule has 0 unspecified atom stereocenters. The van der Waals surface area contributed by atoms with Gasteiger partial charge in [0.2, 0.25) is 0 Å². The van der Waals surface area contributed by atoms with Gasteiger partial charge in [0.05, 0.1) is 19.3 Å². The van der Waals surface area contributed by atoms with Gasteiger partial charge in [-0.25, -0.2) is 4.79 Å². The second kappa shape index (κ2) is 5.31. The predicted octanol–water partition coefficient (Wildman–Crippen LogP) is 2.16. The number of ether oxygens (including phenoxy) is 2. The van der Waals surface area contributed by atoms with E-state index in [1.54, 1.807) is 0 Å². The van der Waals surface area contributed by atoms with E-state index in [0.717, 1.165) is 32.1 Å². The standard InChI is InChI=1S/C14H22O4/c1-3-7-14-9-10(8-13(16)17-2)18-12(14)6-4-5-11(14)15/h8,11-12,15H,3-7,9H2,1-2H3/b10-8+/t11-,12+,14+/m1/s1. The first kappa shape index (κ1) is 13.4. The number of rotatable bonds is 3. The van der Waals surface area contributed by atoms with Crippen LogP contribution in [0.25, 0.3) is 0 Å². The molecule has 1 heterocycles. The van der Waals surface area contributed by atoms with E-state index in [9.17, 15) is 9.90 Å². The van der Waals surface area contributed by atoms with Gasteiger partial charge in [0.15, 0.2) is 0 Å². The summed E-state index contributed by atoms with van der Waals surface area (Å²) in [6.07, 6.45) is 6.56. The fourth-order valence-corrected chi connectivity index (χ4v) is 3.40. The fourth-order valence-electron chi connectivity index (χ4n) is 3.40. The van der Waals surface area contributed by atoms with Crippen molar-refractivity contribution in [1.29, 1.82) is 0 Å². The van der Waals surface area contributed by atoms with Gasteiger partial charge in [-0.2, -0.15) is 0 Å². The molecule has 0 spiro atoms. The third-order valence-electron chi connectivity index (χ3n) is 4.24. The molecule has 2 aliphatic rings. The second-order valence-electron chi connectivity index (χ2n) is 5.35. The topological polar surface area (TPSA) is 55.8 Å². The Kier molecular flexibility index (Phi) is 3.95. The molecule has 1 saturated heterocycles. The first-order chi connectivity index (χ1) is 8.62. The molecule has 4 nitrogen and oxygen atoms in total. The third kappa shape index (κ3) is 2.26. The van der Waals surface area contributed by atoms with Crippen molar-refractivity contribution in [3.05, 3.63) is 11.8 Å². The predicted molar refractivity (Wildman–Crippen MR) is 66.8 cm³/mol. The highest BCUT2D eigenvalue weighted by Gasteiger charge is 2.52. The van der Waals surface area contributed by atoms with Gasteiger partial charge in [-0.1, -0.05) is 13.3 Å². The Balaban J connectivity index is 2.21. The smallest absolute Gasteiger partial charge is 0.333 e. The molecule has 4 heteroatoms. The number of carbonyl (C=O) groups excluding carboxylic acids is 1. The Bertz CT molecular complexity index is 350. The van der Waals surface area contributed by atoms with E-state index < -0.39 is 0 Å². The molecule has 2 fully saturated rings. The summed E-state index contributed by atoms with van der Waals surface area (Å²) in [5.74, 6) is 0.283. The van der Waals surface area contributed by atoms with Crippen LogP contribution in [0.5, 0.6) is 0 Å². The van der Waals surface area contributed by atoms with Gasteiger partial charge in [-0.05, 0) is 25.7 Å². The SMILES string of the molecule is CCC[C@@]12C/C(=C\C(=O)OC)O[C@H]1CCC[C@H]2O. The number of hydrogen-bond acceptors (Lipinski definition) is 4. The summed E-state index contributed by atoms with van der Waals surface area (Å²) in [4.78, 5) is 11.3. The third-order valence-corrected chi connectivity index (χ3v) is 4.24. The molecule has 3 atom stereocenters. The van der Waals surface area contributed by atoms with Crippen LogP contribution < -0.4 is 0 Å². The molecule has 1 aliphatic carbocycles. The van der Waals surface area contributed by atoms with Crippen molar-refractivity contribution in [3.63, 3.8) is 0 Å². The van der Waals surface area contributed by atoms with E-state index in [4.69, 9.17) is 4.74 Å². The zero-order chi connectivity index (χ0) is 13.2. The first-order valence-electron chi connectivity index (χ1n) is 6.75. The highest BCUT2D eigenvalue weighted by Crippen LogP contribution is 2.52. The lowest BCUT2D eigenvalue weighted by molar-refractivity contribution is -0.135. The molecule has 0 aromatic heterocycles. The fraction of sp³-hybridized carbons (Fsp3) is 0.786. The van der Waals surface area contributed by atoms with Gasteiger partial charge in [-0.15, -0.1) is 0 Å². The molecular weight excluding hydrogens is 232 g/mol. The van der Waals surface area contributed by atoms with Crippen LogP contribution in [0.3, 0.4) is 0 Å². The van der Waals surface area contributed by atoms with Gasteiger partial charge < -0.3 is 14.6 Å². The summed E-state index contributed by atoms with van der Waals surface area (Å²) >= 11 is 0. The van der Waals surface area contributed by atoms with Crippen LogP contribution in [0, 0.1) is 5.41 Å².